The molecule has 1 aromatic heterocycles. The summed E-state index contributed by atoms with van der Waals surface area (Å²) in [6.45, 7) is 10.5. The Morgan fingerprint density at radius 1 is 1.25 bits per heavy atom. The van der Waals surface area contributed by atoms with Gasteiger partial charge in [0.15, 0.2) is 0 Å². The molecule has 0 unspecified atom stereocenters. The smallest absolute Gasteiger partial charge is 0.148 e. The maximum atomic E-state index is 5.54. The molecular weight excluding hydrogens is 254 g/mol. The van der Waals surface area contributed by atoms with Crippen LogP contribution < -0.4 is 16.6 Å². The van der Waals surface area contributed by atoms with Crippen LogP contribution in [-0.2, 0) is 11.2 Å². The fourth-order valence-corrected chi connectivity index (χ4v) is 1.77. The number of aryl methyl sites for hydroxylation is 1. The highest BCUT2D eigenvalue weighted by molar-refractivity contribution is 5.56. The van der Waals surface area contributed by atoms with Crippen molar-refractivity contribution in [3.63, 3.8) is 0 Å². The number of rotatable bonds is 9. The van der Waals surface area contributed by atoms with Gasteiger partial charge in [0.25, 0.3) is 0 Å². The summed E-state index contributed by atoms with van der Waals surface area (Å²) in [4.78, 5) is 8.92. The van der Waals surface area contributed by atoms with Crippen LogP contribution >= 0.6 is 0 Å². The molecule has 0 radical (unpaired) electrons. The number of hydrogen-bond acceptors (Lipinski definition) is 6. The number of anilines is 2. The molecule has 0 saturated heterocycles. The van der Waals surface area contributed by atoms with Gasteiger partial charge in [-0.3, -0.25) is 0 Å². The normalized spacial score (nSPS) is 10.9. The zero-order valence-electron chi connectivity index (χ0n) is 13.0. The Morgan fingerprint density at radius 2 is 1.95 bits per heavy atom. The van der Waals surface area contributed by atoms with Gasteiger partial charge >= 0.3 is 0 Å². The lowest BCUT2D eigenvalue weighted by molar-refractivity contribution is 0.118. The fraction of sp³-hybridized carbons (Fsp3) is 0.714. The number of nitrogens with one attached hydrogen (secondary N) is 2. The number of nitrogen functional groups attached to an aromatic ring is 1. The molecule has 0 spiro atoms. The molecule has 1 aromatic rings. The number of nitrogens with zero attached hydrogens (tertiary/aromatic N) is 2. The minimum absolute atomic E-state index is 0.556. The van der Waals surface area contributed by atoms with Crippen LogP contribution in [0.15, 0.2) is 0 Å². The van der Waals surface area contributed by atoms with Crippen molar-refractivity contribution in [3.8, 4) is 0 Å². The summed E-state index contributed by atoms with van der Waals surface area (Å²) in [7, 11) is 0. The molecule has 0 aliphatic carbocycles. The predicted octanol–water partition coefficient (Wildman–Crippen LogP) is 2.11. The molecule has 0 atom stereocenters. The topological polar surface area (TPSA) is 85.1 Å². The second kappa shape index (κ2) is 8.71. The van der Waals surface area contributed by atoms with Crippen LogP contribution in [0, 0.1) is 12.8 Å². The third-order valence-corrected chi connectivity index (χ3v) is 2.79. The first-order valence-corrected chi connectivity index (χ1v) is 7.24. The van der Waals surface area contributed by atoms with Crippen molar-refractivity contribution in [2.45, 2.75) is 40.5 Å². The maximum Gasteiger partial charge on any atom is 0.148 e. The van der Waals surface area contributed by atoms with Crippen molar-refractivity contribution in [2.75, 3.05) is 30.5 Å². The molecule has 20 heavy (non-hydrogen) atoms. The second-order valence-electron chi connectivity index (χ2n) is 5.25. The van der Waals surface area contributed by atoms with Crippen molar-refractivity contribution in [1.29, 1.82) is 0 Å². The van der Waals surface area contributed by atoms with E-state index in [2.05, 4.69) is 41.5 Å². The van der Waals surface area contributed by atoms with Gasteiger partial charge in [-0.2, -0.15) is 0 Å². The van der Waals surface area contributed by atoms with Crippen molar-refractivity contribution in [1.82, 2.24) is 9.97 Å². The molecule has 1 heterocycles. The van der Waals surface area contributed by atoms with E-state index in [1.807, 2.05) is 6.92 Å². The average molecular weight is 281 g/mol. The lowest BCUT2D eigenvalue weighted by atomic mass is 10.2. The SMILES string of the molecule is CCCc1nc(NN)c(C)c(NCCOCC(C)C)n1. The van der Waals surface area contributed by atoms with E-state index in [9.17, 15) is 0 Å². The zero-order valence-corrected chi connectivity index (χ0v) is 13.0. The van der Waals surface area contributed by atoms with E-state index in [1.54, 1.807) is 0 Å². The Bertz CT molecular complexity index is 409. The predicted molar refractivity (Wildman–Crippen MR) is 82.7 cm³/mol. The second-order valence-corrected chi connectivity index (χ2v) is 5.25. The molecule has 6 heteroatoms. The minimum atomic E-state index is 0.556. The first kappa shape index (κ1) is 16.7. The lowest BCUT2D eigenvalue weighted by Gasteiger charge is -2.14. The molecule has 6 nitrogen and oxygen atoms in total. The summed E-state index contributed by atoms with van der Waals surface area (Å²) < 4.78 is 5.54. The quantitative estimate of drug-likeness (QED) is 0.365. The van der Waals surface area contributed by atoms with Gasteiger partial charge in [0.1, 0.15) is 17.5 Å². The van der Waals surface area contributed by atoms with Crippen molar-refractivity contribution < 1.29 is 4.74 Å². The molecule has 0 saturated carbocycles. The van der Waals surface area contributed by atoms with Crippen LogP contribution in [0.2, 0.25) is 0 Å². The lowest BCUT2D eigenvalue weighted by Crippen LogP contribution is -2.17. The Kier molecular flexibility index (Phi) is 7.25. The van der Waals surface area contributed by atoms with Crippen molar-refractivity contribution in [2.24, 2.45) is 11.8 Å². The summed E-state index contributed by atoms with van der Waals surface area (Å²) in [6.07, 6.45) is 1.84. The first-order chi connectivity index (χ1) is 9.58. The summed E-state index contributed by atoms with van der Waals surface area (Å²) in [5.41, 5.74) is 3.56. The van der Waals surface area contributed by atoms with Crippen LogP contribution in [0.3, 0.4) is 0 Å². The third-order valence-electron chi connectivity index (χ3n) is 2.79. The minimum Gasteiger partial charge on any atom is -0.379 e. The average Bonchev–Trinajstić information content (AvgIpc) is 2.41. The van der Waals surface area contributed by atoms with Crippen LogP contribution in [-0.4, -0.2) is 29.7 Å². The van der Waals surface area contributed by atoms with Gasteiger partial charge in [0, 0.05) is 25.1 Å². The Morgan fingerprint density at radius 3 is 2.55 bits per heavy atom. The van der Waals surface area contributed by atoms with E-state index in [-0.39, 0.29) is 0 Å². The Balaban J connectivity index is 2.61. The molecule has 4 N–H and O–H groups in total. The van der Waals surface area contributed by atoms with Gasteiger partial charge < -0.3 is 15.5 Å². The fourth-order valence-electron chi connectivity index (χ4n) is 1.77. The van der Waals surface area contributed by atoms with Gasteiger partial charge in [0.05, 0.1) is 6.61 Å². The standard InChI is InChI=1S/C14H27N5O/c1-5-6-12-17-13(11(4)14(18-12)19-15)16-7-8-20-9-10(2)3/h10H,5-9,15H2,1-4H3,(H2,16,17,18,19). The van der Waals surface area contributed by atoms with Gasteiger partial charge in [-0.1, -0.05) is 20.8 Å². The number of ether oxygens (including phenoxy) is 1. The largest absolute Gasteiger partial charge is 0.379 e. The maximum absolute atomic E-state index is 5.54. The number of aromatic nitrogens is 2. The highest BCUT2D eigenvalue weighted by Crippen LogP contribution is 2.19. The molecule has 114 valence electrons. The van der Waals surface area contributed by atoms with Gasteiger partial charge in [0.2, 0.25) is 0 Å². The highest BCUT2D eigenvalue weighted by atomic mass is 16.5. The summed E-state index contributed by atoms with van der Waals surface area (Å²) in [5.74, 6) is 8.36. The molecule has 0 amide bonds. The van der Waals surface area contributed by atoms with Crippen LogP contribution in [0.4, 0.5) is 11.6 Å². The number of hydrazine groups is 1. The van der Waals surface area contributed by atoms with Crippen LogP contribution in [0.5, 0.6) is 0 Å². The zero-order chi connectivity index (χ0) is 15.0. The van der Waals surface area contributed by atoms with E-state index in [0.717, 1.165) is 43.2 Å². The molecule has 0 fully saturated rings. The Labute approximate surface area is 121 Å². The van der Waals surface area contributed by atoms with Crippen molar-refractivity contribution in [3.05, 3.63) is 11.4 Å². The van der Waals surface area contributed by atoms with Gasteiger partial charge in [-0.05, 0) is 19.3 Å². The van der Waals surface area contributed by atoms with E-state index >= 15 is 0 Å². The van der Waals surface area contributed by atoms with Gasteiger partial charge in [-0.15, -0.1) is 0 Å². The van der Waals surface area contributed by atoms with Gasteiger partial charge in [-0.25, -0.2) is 15.8 Å². The summed E-state index contributed by atoms with van der Waals surface area (Å²) >= 11 is 0. The molecule has 0 aliphatic rings. The monoisotopic (exact) mass is 281 g/mol. The van der Waals surface area contributed by atoms with E-state index < -0.39 is 0 Å². The van der Waals surface area contributed by atoms with Crippen LogP contribution in [0.1, 0.15) is 38.6 Å². The molecule has 0 aliphatic heterocycles. The van der Waals surface area contributed by atoms with E-state index in [1.165, 1.54) is 0 Å². The van der Waals surface area contributed by atoms with E-state index in [0.29, 0.717) is 18.3 Å². The van der Waals surface area contributed by atoms with Crippen molar-refractivity contribution >= 4 is 11.6 Å². The number of nitrogens with two attached hydrogens (primary N) is 1. The van der Waals surface area contributed by atoms with E-state index in [4.69, 9.17) is 10.6 Å². The molecule has 0 aromatic carbocycles. The molecular formula is C14H27N5O. The Hall–Kier alpha value is -1.40. The van der Waals surface area contributed by atoms with Crippen LogP contribution in [0.25, 0.3) is 0 Å². The highest BCUT2D eigenvalue weighted by Gasteiger charge is 2.09. The molecule has 0 bridgehead atoms. The third kappa shape index (κ3) is 5.30. The first-order valence-electron chi connectivity index (χ1n) is 7.24. The molecule has 1 rings (SSSR count). The number of hydrogen-bond donors (Lipinski definition) is 3. The summed E-state index contributed by atoms with van der Waals surface area (Å²) in [6, 6.07) is 0. The summed E-state index contributed by atoms with van der Waals surface area (Å²) in [5, 5.41) is 3.29.